The Labute approximate surface area is 156 Å². The van der Waals surface area contributed by atoms with Crippen LogP contribution in [0.25, 0.3) is 11.1 Å². The summed E-state index contributed by atoms with van der Waals surface area (Å²) in [5, 5.41) is 0.848. The molecule has 0 bridgehead atoms. The lowest BCUT2D eigenvalue weighted by molar-refractivity contribution is 0.592. The van der Waals surface area contributed by atoms with Crippen LogP contribution in [0.3, 0.4) is 0 Å². The van der Waals surface area contributed by atoms with Gasteiger partial charge in [-0.15, -0.1) is 0 Å². The van der Waals surface area contributed by atoms with Crippen molar-refractivity contribution in [2.24, 2.45) is 0 Å². The summed E-state index contributed by atoms with van der Waals surface area (Å²) in [4.78, 5) is 0. The lowest BCUT2D eigenvalue weighted by atomic mass is 9.95. The summed E-state index contributed by atoms with van der Waals surface area (Å²) in [7, 11) is -2.82. The molecule has 0 aliphatic carbocycles. The Bertz CT molecular complexity index is 1010. The minimum absolute atomic E-state index is 0.774. The van der Waals surface area contributed by atoms with Crippen molar-refractivity contribution in [2.45, 2.75) is 0 Å². The van der Waals surface area contributed by atoms with Gasteiger partial charge in [-0.2, -0.15) is 0 Å². The van der Waals surface area contributed by atoms with Gasteiger partial charge in [-0.25, -0.2) is 0 Å². The molecule has 3 aromatic rings. The molecular weight excluding hydrogens is 391 g/mol. The predicted octanol–water partition coefficient (Wildman–Crippen LogP) is 6.49. The highest BCUT2D eigenvalue weighted by Gasteiger charge is 2.36. The van der Waals surface area contributed by atoms with Crippen LogP contribution in [0.2, 0.25) is 0 Å². The fraction of sp³-hybridized carbons (Fsp3) is 0. The van der Waals surface area contributed by atoms with Crippen molar-refractivity contribution in [1.82, 2.24) is 0 Å². The summed E-state index contributed by atoms with van der Waals surface area (Å²) >= 11 is 3.70. The Morgan fingerprint density at radius 2 is 1.12 bits per heavy atom. The molecule has 3 heteroatoms. The topological polar surface area (TPSA) is 17.1 Å². The van der Waals surface area contributed by atoms with Crippen LogP contribution in [0.4, 0.5) is 0 Å². The first kappa shape index (κ1) is 16.3. The van der Waals surface area contributed by atoms with E-state index in [0.717, 1.165) is 31.8 Å². The van der Waals surface area contributed by atoms with Crippen LogP contribution >= 0.6 is 23.1 Å². The standard InChI is InChI=1S/C22H16BrOP/c23-22-21(18-12-6-2-7-13-18)20(17-10-4-1-5-11-17)16-25(22,24)19-14-8-3-9-15-19/h1-16H. The molecule has 0 N–H and O–H groups in total. The fourth-order valence-corrected chi connectivity index (χ4v) is 6.83. The highest BCUT2D eigenvalue weighted by atomic mass is 79.9. The molecule has 1 unspecified atom stereocenters. The SMILES string of the molecule is O=P1(c2ccccc2)C=C(c2ccccc2)C(c2ccccc2)=C1Br. The zero-order valence-corrected chi connectivity index (χ0v) is 16.0. The van der Waals surface area contributed by atoms with Gasteiger partial charge in [0.25, 0.3) is 0 Å². The van der Waals surface area contributed by atoms with Crippen LogP contribution in [-0.2, 0) is 4.57 Å². The van der Waals surface area contributed by atoms with Gasteiger partial charge in [0.2, 0.25) is 0 Å². The number of benzene rings is 3. The number of halogens is 1. The third-order valence-corrected chi connectivity index (χ3v) is 8.84. The van der Waals surface area contributed by atoms with Gasteiger partial charge in [0, 0.05) is 10.9 Å². The minimum Gasteiger partial charge on any atom is -0.309 e. The molecule has 122 valence electrons. The molecule has 0 amide bonds. The normalized spacial score (nSPS) is 19.8. The zero-order valence-electron chi connectivity index (χ0n) is 13.5. The van der Waals surface area contributed by atoms with Crippen molar-refractivity contribution >= 4 is 39.5 Å². The maximum Gasteiger partial charge on any atom is 0.172 e. The Morgan fingerprint density at radius 3 is 1.68 bits per heavy atom. The van der Waals surface area contributed by atoms with Gasteiger partial charge in [-0.05, 0) is 38.4 Å². The van der Waals surface area contributed by atoms with Crippen LogP contribution in [0, 0.1) is 0 Å². The minimum atomic E-state index is -2.82. The summed E-state index contributed by atoms with van der Waals surface area (Å²) in [6, 6.07) is 30.0. The highest BCUT2D eigenvalue weighted by Crippen LogP contribution is 2.67. The van der Waals surface area contributed by atoms with Gasteiger partial charge in [-0.3, -0.25) is 0 Å². The van der Waals surface area contributed by atoms with Gasteiger partial charge in [0.15, 0.2) is 7.14 Å². The maximum absolute atomic E-state index is 13.9. The molecule has 0 saturated heterocycles. The van der Waals surface area contributed by atoms with E-state index >= 15 is 0 Å². The largest absolute Gasteiger partial charge is 0.309 e. The van der Waals surface area contributed by atoms with E-state index in [2.05, 4.69) is 40.2 Å². The summed E-state index contributed by atoms with van der Waals surface area (Å²) < 4.78 is 14.7. The molecule has 0 fully saturated rings. The van der Waals surface area contributed by atoms with E-state index in [-0.39, 0.29) is 0 Å². The molecule has 1 aliphatic rings. The molecule has 25 heavy (non-hydrogen) atoms. The third-order valence-electron chi connectivity index (χ3n) is 4.37. The van der Waals surface area contributed by atoms with E-state index in [9.17, 15) is 4.57 Å². The van der Waals surface area contributed by atoms with E-state index in [1.807, 2.05) is 72.5 Å². The van der Waals surface area contributed by atoms with E-state index < -0.39 is 7.14 Å². The molecule has 0 spiro atoms. The Balaban J connectivity index is 1.98. The van der Waals surface area contributed by atoms with Crippen molar-refractivity contribution in [3.8, 4) is 0 Å². The smallest absolute Gasteiger partial charge is 0.172 e. The van der Waals surface area contributed by atoms with Crippen molar-refractivity contribution in [3.05, 3.63) is 112 Å². The molecular formula is C22H16BrOP. The second kappa shape index (κ2) is 6.63. The monoisotopic (exact) mass is 406 g/mol. The van der Waals surface area contributed by atoms with Crippen LogP contribution in [0.15, 0.2) is 101 Å². The lowest BCUT2D eigenvalue weighted by Crippen LogP contribution is -2.00. The second-order valence-electron chi connectivity index (χ2n) is 5.93. The molecule has 1 aliphatic heterocycles. The molecule has 0 saturated carbocycles. The Morgan fingerprint density at radius 1 is 0.640 bits per heavy atom. The Hall–Kier alpha value is -2.15. The van der Waals surface area contributed by atoms with Gasteiger partial charge in [0.1, 0.15) is 0 Å². The second-order valence-corrected chi connectivity index (χ2v) is 9.88. The van der Waals surface area contributed by atoms with E-state index in [0.29, 0.717) is 0 Å². The first-order valence-electron chi connectivity index (χ1n) is 8.10. The summed E-state index contributed by atoms with van der Waals surface area (Å²) in [6.45, 7) is 0. The van der Waals surface area contributed by atoms with Crippen LogP contribution in [-0.4, -0.2) is 0 Å². The summed E-state index contributed by atoms with van der Waals surface area (Å²) in [5.41, 5.74) is 4.18. The van der Waals surface area contributed by atoms with Gasteiger partial charge >= 0.3 is 0 Å². The molecule has 4 rings (SSSR count). The van der Waals surface area contributed by atoms with Crippen molar-refractivity contribution < 1.29 is 4.57 Å². The molecule has 3 aromatic carbocycles. The average molecular weight is 407 g/mol. The average Bonchev–Trinajstić information content (AvgIpc) is 2.96. The molecule has 1 heterocycles. The summed E-state index contributed by atoms with van der Waals surface area (Å²) in [6.07, 6.45) is 0. The van der Waals surface area contributed by atoms with Crippen molar-refractivity contribution in [2.75, 3.05) is 0 Å². The van der Waals surface area contributed by atoms with Gasteiger partial charge in [-0.1, -0.05) is 91.0 Å². The lowest BCUT2D eigenvalue weighted by Gasteiger charge is -2.12. The quantitative estimate of drug-likeness (QED) is 0.454. The third kappa shape index (κ3) is 2.86. The first-order valence-corrected chi connectivity index (χ1v) is 10.7. The van der Waals surface area contributed by atoms with Crippen molar-refractivity contribution in [1.29, 1.82) is 0 Å². The fourth-order valence-electron chi connectivity index (χ4n) is 3.13. The van der Waals surface area contributed by atoms with Crippen LogP contribution in [0.5, 0.6) is 0 Å². The van der Waals surface area contributed by atoms with E-state index in [4.69, 9.17) is 0 Å². The molecule has 1 nitrogen and oxygen atoms in total. The predicted molar refractivity (Wildman–Crippen MR) is 110 cm³/mol. The van der Waals surface area contributed by atoms with E-state index in [1.165, 1.54) is 0 Å². The van der Waals surface area contributed by atoms with Crippen LogP contribution < -0.4 is 5.30 Å². The summed E-state index contributed by atoms with van der Waals surface area (Å²) in [5.74, 6) is 1.95. The van der Waals surface area contributed by atoms with E-state index in [1.54, 1.807) is 0 Å². The maximum atomic E-state index is 13.9. The number of hydrogen-bond donors (Lipinski definition) is 0. The molecule has 1 atom stereocenters. The van der Waals surface area contributed by atoms with Crippen molar-refractivity contribution in [3.63, 3.8) is 0 Å². The number of rotatable bonds is 3. The van der Waals surface area contributed by atoms with Crippen LogP contribution in [0.1, 0.15) is 11.1 Å². The first-order chi connectivity index (χ1) is 12.2. The van der Waals surface area contributed by atoms with Gasteiger partial charge < -0.3 is 4.57 Å². The Kier molecular flexibility index (Phi) is 4.33. The molecule has 0 aromatic heterocycles. The zero-order chi connectivity index (χ0) is 17.3. The number of allylic oxidation sites excluding steroid dienone is 2. The highest BCUT2D eigenvalue weighted by molar-refractivity contribution is 9.13. The molecule has 0 radical (unpaired) electrons. The number of hydrogen-bond acceptors (Lipinski definition) is 1. The van der Waals surface area contributed by atoms with Gasteiger partial charge in [0.05, 0.1) is 4.22 Å².